The van der Waals surface area contributed by atoms with Gasteiger partial charge in [-0.3, -0.25) is 9.59 Å². The molecule has 0 unspecified atom stereocenters. The topological polar surface area (TPSA) is 58.6 Å². The molecule has 0 saturated heterocycles. The maximum atomic E-state index is 13.1. The molecular weight excluding hydrogens is 456 g/mol. The van der Waals surface area contributed by atoms with Gasteiger partial charge in [-0.2, -0.15) is 0 Å². The van der Waals surface area contributed by atoms with Gasteiger partial charge in [-0.25, -0.2) is 0 Å². The van der Waals surface area contributed by atoms with Crippen molar-refractivity contribution in [3.05, 3.63) is 76.8 Å². The van der Waals surface area contributed by atoms with Gasteiger partial charge in [-0.05, 0) is 58.6 Å². The first kappa shape index (κ1) is 22.8. The Morgan fingerprint density at radius 3 is 2.48 bits per heavy atom. The van der Waals surface area contributed by atoms with Crippen LogP contribution in [0.1, 0.15) is 19.4 Å². The van der Waals surface area contributed by atoms with Gasteiger partial charge in [0.05, 0.1) is 4.47 Å². The molecule has 0 aliphatic rings. The molecule has 3 aromatic carbocycles. The summed E-state index contributed by atoms with van der Waals surface area (Å²) < 4.78 is 6.67. The van der Waals surface area contributed by atoms with E-state index < -0.39 is 6.04 Å². The highest BCUT2D eigenvalue weighted by Gasteiger charge is 2.26. The molecule has 1 N–H and O–H groups in total. The lowest BCUT2D eigenvalue weighted by molar-refractivity contribution is -0.141. The molecule has 0 bridgehead atoms. The van der Waals surface area contributed by atoms with Crippen LogP contribution < -0.4 is 10.1 Å². The first-order valence-corrected chi connectivity index (χ1v) is 11.2. The van der Waals surface area contributed by atoms with Gasteiger partial charge in [-0.15, -0.1) is 0 Å². The lowest BCUT2D eigenvalue weighted by Crippen LogP contribution is -2.50. The second-order valence-electron chi connectivity index (χ2n) is 7.28. The second kappa shape index (κ2) is 11.0. The molecule has 3 aromatic rings. The number of rotatable bonds is 9. The number of nitrogens with zero attached hydrogens (tertiary/aromatic N) is 1. The van der Waals surface area contributed by atoms with Crippen molar-refractivity contribution in [3.63, 3.8) is 0 Å². The highest BCUT2D eigenvalue weighted by molar-refractivity contribution is 9.10. The quantitative estimate of drug-likeness (QED) is 0.485. The van der Waals surface area contributed by atoms with Crippen molar-refractivity contribution in [2.75, 3.05) is 19.7 Å². The molecule has 0 aliphatic heterocycles. The fourth-order valence-electron chi connectivity index (χ4n) is 3.44. The van der Waals surface area contributed by atoms with E-state index in [0.29, 0.717) is 25.3 Å². The van der Waals surface area contributed by atoms with Gasteiger partial charge < -0.3 is 15.0 Å². The Bertz CT molecular complexity index is 1040. The number of halogens is 1. The average molecular weight is 483 g/mol. The zero-order chi connectivity index (χ0) is 22.2. The van der Waals surface area contributed by atoms with Gasteiger partial charge in [0.1, 0.15) is 11.8 Å². The van der Waals surface area contributed by atoms with E-state index in [1.807, 2.05) is 73.7 Å². The molecule has 31 heavy (non-hydrogen) atoms. The van der Waals surface area contributed by atoms with Gasteiger partial charge in [0.25, 0.3) is 5.91 Å². The summed E-state index contributed by atoms with van der Waals surface area (Å²) in [5.41, 5.74) is 1.11. The SMILES string of the molecule is CCNC(=O)[C@@H](C)N(CCc1ccccc1)C(=O)COc1ccc2ccccc2c1Br. The number of amides is 2. The minimum atomic E-state index is -0.584. The summed E-state index contributed by atoms with van der Waals surface area (Å²) in [5, 5.41) is 4.90. The number of benzene rings is 3. The number of carbonyl (C=O) groups is 2. The number of nitrogens with one attached hydrogen (secondary N) is 1. The summed E-state index contributed by atoms with van der Waals surface area (Å²) in [6.45, 7) is 4.42. The van der Waals surface area contributed by atoms with E-state index in [0.717, 1.165) is 20.8 Å². The van der Waals surface area contributed by atoms with Crippen LogP contribution in [-0.4, -0.2) is 42.5 Å². The smallest absolute Gasteiger partial charge is 0.261 e. The number of carbonyl (C=O) groups excluding carboxylic acids is 2. The third-order valence-corrected chi connectivity index (χ3v) is 6.00. The van der Waals surface area contributed by atoms with E-state index in [-0.39, 0.29) is 18.4 Å². The fraction of sp³-hybridized carbons (Fsp3) is 0.280. The third kappa shape index (κ3) is 5.85. The standard InChI is InChI=1S/C25H27BrN2O3/c1-3-27-25(30)18(2)28(16-15-19-9-5-4-6-10-19)23(29)17-31-22-14-13-20-11-7-8-12-21(20)24(22)26/h4-14,18H,3,15-17H2,1-2H3,(H,27,30)/t18-/m1/s1. The predicted molar refractivity (Wildman–Crippen MR) is 127 cm³/mol. The highest BCUT2D eigenvalue weighted by Crippen LogP contribution is 2.33. The molecule has 0 aliphatic carbocycles. The zero-order valence-electron chi connectivity index (χ0n) is 17.8. The van der Waals surface area contributed by atoms with Crippen LogP contribution in [0.4, 0.5) is 0 Å². The minimum absolute atomic E-state index is 0.143. The first-order chi connectivity index (χ1) is 15.0. The van der Waals surface area contributed by atoms with Crippen molar-refractivity contribution in [2.24, 2.45) is 0 Å². The van der Waals surface area contributed by atoms with Crippen molar-refractivity contribution in [2.45, 2.75) is 26.3 Å². The molecule has 0 radical (unpaired) electrons. The molecule has 0 saturated carbocycles. The fourth-order valence-corrected chi connectivity index (χ4v) is 4.05. The summed E-state index contributed by atoms with van der Waals surface area (Å²) in [4.78, 5) is 27.1. The molecule has 0 heterocycles. The Kier molecular flexibility index (Phi) is 8.06. The summed E-state index contributed by atoms with van der Waals surface area (Å²) in [6, 6.07) is 21.1. The van der Waals surface area contributed by atoms with Crippen LogP contribution in [0.5, 0.6) is 5.75 Å². The van der Waals surface area contributed by atoms with E-state index in [1.165, 1.54) is 0 Å². The molecular formula is C25H27BrN2O3. The highest BCUT2D eigenvalue weighted by atomic mass is 79.9. The summed E-state index contributed by atoms with van der Waals surface area (Å²) in [7, 11) is 0. The Morgan fingerprint density at radius 2 is 1.74 bits per heavy atom. The molecule has 0 fully saturated rings. The molecule has 1 atom stereocenters. The normalized spacial score (nSPS) is 11.7. The molecule has 0 spiro atoms. The van der Waals surface area contributed by atoms with Crippen LogP contribution in [0.25, 0.3) is 10.8 Å². The number of fused-ring (bicyclic) bond motifs is 1. The molecule has 0 aromatic heterocycles. The van der Waals surface area contributed by atoms with Crippen LogP contribution in [0.3, 0.4) is 0 Å². The molecule has 2 amide bonds. The Morgan fingerprint density at radius 1 is 1.03 bits per heavy atom. The number of ether oxygens (including phenoxy) is 1. The van der Waals surface area contributed by atoms with Gasteiger partial charge in [0.2, 0.25) is 5.91 Å². The maximum Gasteiger partial charge on any atom is 0.261 e. The Hall–Kier alpha value is -2.86. The largest absolute Gasteiger partial charge is 0.483 e. The van der Waals surface area contributed by atoms with E-state index in [9.17, 15) is 9.59 Å². The molecule has 3 rings (SSSR count). The summed E-state index contributed by atoms with van der Waals surface area (Å²) in [6.07, 6.45) is 0.663. The molecule has 162 valence electrons. The monoisotopic (exact) mass is 482 g/mol. The van der Waals surface area contributed by atoms with Crippen molar-refractivity contribution < 1.29 is 14.3 Å². The number of hydrogen-bond acceptors (Lipinski definition) is 3. The van der Waals surface area contributed by atoms with Gasteiger partial charge in [-0.1, -0.05) is 60.7 Å². The predicted octanol–water partition coefficient (Wildman–Crippen LogP) is 4.58. The second-order valence-corrected chi connectivity index (χ2v) is 8.07. The van der Waals surface area contributed by atoms with E-state index in [2.05, 4.69) is 21.2 Å². The van der Waals surface area contributed by atoms with Crippen LogP contribution in [-0.2, 0) is 16.0 Å². The summed E-state index contributed by atoms with van der Waals surface area (Å²) in [5.74, 6) is 0.200. The van der Waals surface area contributed by atoms with Gasteiger partial charge in [0.15, 0.2) is 6.61 Å². The first-order valence-electron chi connectivity index (χ1n) is 10.4. The van der Waals surface area contributed by atoms with Gasteiger partial charge in [0, 0.05) is 13.1 Å². The Labute approximate surface area is 191 Å². The zero-order valence-corrected chi connectivity index (χ0v) is 19.4. The van der Waals surface area contributed by atoms with Crippen LogP contribution in [0.2, 0.25) is 0 Å². The van der Waals surface area contributed by atoms with Crippen LogP contribution in [0.15, 0.2) is 71.2 Å². The summed E-state index contributed by atoms with van der Waals surface area (Å²) >= 11 is 3.59. The molecule has 6 heteroatoms. The van der Waals surface area contributed by atoms with Crippen molar-refractivity contribution >= 4 is 38.5 Å². The minimum Gasteiger partial charge on any atom is -0.483 e. The Balaban J connectivity index is 1.72. The van der Waals surface area contributed by atoms with Crippen molar-refractivity contribution in [3.8, 4) is 5.75 Å². The third-order valence-electron chi connectivity index (χ3n) is 5.18. The van der Waals surface area contributed by atoms with E-state index >= 15 is 0 Å². The van der Waals surface area contributed by atoms with Crippen molar-refractivity contribution in [1.29, 1.82) is 0 Å². The van der Waals surface area contributed by atoms with Crippen molar-refractivity contribution in [1.82, 2.24) is 10.2 Å². The van der Waals surface area contributed by atoms with Gasteiger partial charge >= 0.3 is 0 Å². The molecule has 5 nitrogen and oxygen atoms in total. The average Bonchev–Trinajstić information content (AvgIpc) is 2.79. The lowest BCUT2D eigenvalue weighted by Gasteiger charge is -2.28. The van der Waals surface area contributed by atoms with E-state index in [1.54, 1.807) is 11.8 Å². The van der Waals surface area contributed by atoms with Crippen LogP contribution >= 0.6 is 15.9 Å². The van der Waals surface area contributed by atoms with E-state index in [4.69, 9.17) is 4.74 Å². The van der Waals surface area contributed by atoms with Crippen LogP contribution in [0, 0.1) is 0 Å². The maximum absolute atomic E-state index is 13.1. The number of hydrogen-bond donors (Lipinski definition) is 1. The number of likely N-dealkylation sites (N-methyl/N-ethyl adjacent to an activating group) is 1. The lowest BCUT2D eigenvalue weighted by atomic mass is 10.1.